The van der Waals surface area contributed by atoms with Crippen molar-refractivity contribution in [3.05, 3.63) is 59.7 Å². The van der Waals surface area contributed by atoms with E-state index in [-0.39, 0.29) is 11.7 Å². The highest BCUT2D eigenvalue weighted by Gasteiger charge is 2.23. The lowest BCUT2D eigenvalue weighted by Crippen LogP contribution is -2.22. The topological polar surface area (TPSA) is 63.1 Å². The van der Waals surface area contributed by atoms with E-state index in [1.807, 2.05) is 18.2 Å². The Kier molecular flexibility index (Phi) is 6.61. The minimum atomic E-state index is -0.0423. The molecule has 0 unspecified atom stereocenters. The van der Waals surface area contributed by atoms with Gasteiger partial charge in [-0.3, -0.25) is 9.36 Å². The number of hydrogen-bond acceptors (Lipinski definition) is 5. The molecule has 1 aliphatic rings. The van der Waals surface area contributed by atoms with Crippen LogP contribution in [0.1, 0.15) is 43.7 Å². The van der Waals surface area contributed by atoms with Crippen molar-refractivity contribution < 1.29 is 4.79 Å². The molecule has 1 fully saturated rings. The number of para-hydroxylation sites is 1. The first-order chi connectivity index (χ1) is 15.0. The number of benzene rings is 2. The van der Waals surface area contributed by atoms with Gasteiger partial charge in [0.15, 0.2) is 5.16 Å². The average Bonchev–Trinajstić information content (AvgIpc) is 3.43. The molecule has 1 aliphatic heterocycles. The second kappa shape index (κ2) is 9.56. The molecule has 2 aromatic carbocycles. The Morgan fingerprint density at radius 1 is 1.06 bits per heavy atom. The maximum Gasteiger partial charge on any atom is 0.234 e. The lowest BCUT2D eigenvalue weighted by atomic mass is 10.0. The summed E-state index contributed by atoms with van der Waals surface area (Å²) in [6, 6.07) is 16.3. The summed E-state index contributed by atoms with van der Waals surface area (Å²) in [6.07, 6.45) is 2.34. The first-order valence-corrected chi connectivity index (χ1v) is 11.8. The van der Waals surface area contributed by atoms with Crippen LogP contribution in [0.4, 0.5) is 11.6 Å². The van der Waals surface area contributed by atoms with Gasteiger partial charge in [0.05, 0.1) is 11.4 Å². The molecule has 4 rings (SSSR count). The minimum Gasteiger partial charge on any atom is -0.341 e. The number of carbonyl (C=O) groups excluding carboxylic acids is 1. The van der Waals surface area contributed by atoms with Gasteiger partial charge in [-0.2, -0.15) is 0 Å². The molecule has 162 valence electrons. The van der Waals surface area contributed by atoms with Crippen molar-refractivity contribution in [3.8, 4) is 5.69 Å². The van der Waals surface area contributed by atoms with Crippen LogP contribution in [0, 0.1) is 6.92 Å². The number of carbonyl (C=O) groups is 1. The van der Waals surface area contributed by atoms with E-state index in [0.717, 1.165) is 41.1 Å². The summed E-state index contributed by atoms with van der Waals surface area (Å²) in [6.45, 7) is 8.31. The Labute approximate surface area is 188 Å². The maximum atomic E-state index is 12.7. The van der Waals surface area contributed by atoms with Gasteiger partial charge in [0, 0.05) is 18.8 Å². The second-order valence-corrected chi connectivity index (χ2v) is 9.17. The number of rotatable bonds is 7. The molecule has 7 heteroatoms. The van der Waals surface area contributed by atoms with Gasteiger partial charge in [-0.05, 0) is 49.4 Å². The van der Waals surface area contributed by atoms with E-state index in [1.54, 1.807) is 0 Å². The van der Waals surface area contributed by atoms with E-state index in [1.165, 1.54) is 30.2 Å². The Morgan fingerprint density at radius 2 is 1.77 bits per heavy atom. The molecule has 0 atom stereocenters. The smallest absolute Gasteiger partial charge is 0.234 e. The fraction of sp³-hybridized carbons (Fsp3) is 0.375. The third-order valence-electron chi connectivity index (χ3n) is 5.49. The molecule has 0 bridgehead atoms. The quantitative estimate of drug-likeness (QED) is 0.527. The van der Waals surface area contributed by atoms with Crippen molar-refractivity contribution >= 4 is 29.3 Å². The number of thioether (sulfide) groups is 1. The highest BCUT2D eigenvalue weighted by molar-refractivity contribution is 7.99. The maximum absolute atomic E-state index is 12.7. The van der Waals surface area contributed by atoms with Gasteiger partial charge in [0.2, 0.25) is 11.9 Å². The van der Waals surface area contributed by atoms with Gasteiger partial charge in [-0.15, -0.1) is 10.2 Å². The van der Waals surface area contributed by atoms with Crippen LogP contribution < -0.4 is 10.2 Å². The molecule has 1 saturated heterocycles. The molecular weight excluding hydrogens is 406 g/mol. The standard InChI is InChI=1S/C24H29N5OS/c1-17(2)20-8-4-5-9-21(20)25-22(30)16-31-24-27-26-23(28-14-6-7-15-28)29(24)19-12-10-18(3)11-13-19/h4-5,8-13,17H,6-7,14-16H2,1-3H3,(H,25,30). The zero-order valence-corrected chi connectivity index (χ0v) is 19.2. The molecule has 1 aromatic heterocycles. The summed E-state index contributed by atoms with van der Waals surface area (Å²) >= 11 is 1.42. The second-order valence-electron chi connectivity index (χ2n) is 8.23. The third kappa shape index (κ3) is 4.93. The fourth-order valence-corrected chi connectivity index (χ4v) is 4.58. The summed E-state index contributed by atoms with van der Waals surface area (Å²) in [4.78, 5) is 15.0. The van der Waals surface area contributed by atoms with Crippen molar-refractivity contribution in [2.24, 2.45) is 0 Å². The van der Waals surface area contributed by atoms with Gasteiger partial charge in [0.25, 0.3) is 0 Å². The predicted octanol–water partition coefficient (Wildman–Crippen LogP) is 5.03. The number of aromatic nitrogens is 3. The van der Waals surface area contributed by atoms with E-state index >= 15 is 0 Å². The average molecular weight is 436 g/mol. The number of hydrogen-bond donors (Lipinski definition) is 1. The zero-order valence-electron chi connectivity index (χ0n) is 18.3. The summed E-state index contributed by atoms with van der Waals surface area (Å²) < 4.78 is 2.07. The minimum absolute atomic E-state index is 0.0423. The van der Waals surface area contributed by atoms with Gasteiger partial charge < -0.3 is 10.2 Å². The number of nitrogens with one attached hydrogen (secondary N) is 1. The van der Waals surface area contributed by atoms with Crippen LogP contribution in [0.15, 0.2) is 53.7 Å². The van der Waals surface area contributed by atoms with Crippen LogP contribution in [-0.4, -0.2) is 39.5 Å². The third-order valence-corrected chi connectivity index (χ3v) is 6.42. The molecule has 0 saturated carbocycles. The number of anilines is 2. The van der Waals surface area contributed by atoms with E-state index in [0.29, 0.717) is 5.92 Å². The highest BCUT2D eigenvalue weighted by Crippen LogP contribution is 2.29. The molecule has 3 aromatic rings. The van der Waals surface area contributed by atoms with Crippen molar-refractivity contribution in [3.63, 3.8) is 0 Å². The van der Waals surface area contributed by atoms with Crippen molar-refractivity contribution in [2.75, 3.05) is 29.1 Å². The van der Waals surface area contributed by atoms with Crippen LogP contribution in [-0.2, 0) is 4.79 Å². The van der Waals surface area contributed by atoms with E-state index in [2.05, 4.69) is 76.1 Å². The van der Waals surface area contributed by atoms with Crippen LogP contribution in [0.2, 0.25) is 0 Å². The Balaban J connectivity index is 1.53. The molecule has 0 radical (unpaired) electrons. The Bertz CT molecular complexity index is 1040. The van der Waals surface area contributed by atoms with Crippen LogP contribution in [0.3, 0.4) is 0 Å². The SMILES string of the molecule is Cc1ccc(-n2c(SCC(=O)Nc3ccccc3C(C)C)nnc2N2CCCC2)cc1. The van der Waals surface area contributed by atoms with Gasteiger partial charge in [-0.1, -0.05) is 61.5 Å². The van der Waals surface area contributed by atoms with Gasteiger partial charge in [0.1, 0.15) is 0 Å². The van der Waals surface area contributed by atoms with Crippen molar-refractivity contribution in [1.29, 1.82) is 0 Å². The lowest BCUT2D eigenvalue weighted by Gasteiger charge is -2.18. The summed E-state index contributed by atoms with van der Waals surface area (Å²) in [5, 5.41) is 12.7. The van der Waals surface area contributed by atoms with Crippen LogP contribution in [0.25, 0.3) is 5.69 Å². The summed E-state index contributed by atoms with van der Waals surface area (Å²) in [5.41, 5.74) is 4.24. The normalized spacial score (nSPS) is 13.7. The van der Waals surface area contributed by atoms with Gasteiger partial charge in [-0.25, -0.2) is 0 Å². The predicted molar refractivity (Wildman–Crippen MR) is 127 cm³/mol. The molecular formula is C24H29N5OS. The van der Waals surface area contributed by atoms with Crippen LogP contribution in [0.5, 0.6) is 0 Å². The number of aryl methyl sites for hydroxylation is 1. The first kappa shape index (κ1) is 21.4. The largest absolute Gasteiger partial charge is 0.341 e. The zero-order chi connectivity index (χ0) is 21.8. The van der Waals surface area contributed by atoms with E-state index in [4.69, 9.17) is 0 Å². The molecule has 2 heterocycles. The highest BCUT2D eigenvalue weighted by atomic mass is 32.2. The Morgan fingerprint density at radius 3 is 2.48 bits per heavy atom. The fourth-order valence-electron chi connectivity index (χ4n) is 3.83. The van der Waals surface area contributed by atoms with Gasteiger partial charge >= 0.3 is 0 Å². The molecule has 1 N–H and O–H groups in total. The number of amides is 1. The van der Waals surface area contributed by atoms with E-state index < -0.39 is 0 Å². The monoisotopic (exact) mass is 435 g/mol. The summed E-state index contributed by atoms with van der Waals surface area (Å²) in [7, 11) is 0. The Hall–Kier alpha value is -2.80. The first-order valence-electron chi connectivity index (χ1n) is 10.8. The number of nitrogens with zero attached hydrogens (tertiary/aromatic N) is 4. The lowest BCUT2D eigenvalue weighted by molar-refractivity contribution is -0.113. The molecule has 1 amide bonds. The molecule has 31 heavy (non-hydrogen) atoms. The van der Waals surface area contributed by atoms with Crippen molar-refractivity contribution in [2.45, 2.75) is 44.7 Å². The van der Waals surface area contributed by atoms with E-state index in [9.17, 15) is 4.79 Å². The molecule has 0 spiro atoms. The molecule has 0 aliphatic carbocycles. The van der Waals surface area contributed by atoms with Crippen molar-refractivity contribution in [1.82, 2.24) is 14.8 Å². The molecule has 6 nitrogen and oxygen atoms in total. The van der Waals surface area contributed by atoms with Crippen LogP contribution >= 0.6 is 11.8 Å². The summed E-state index contributed by atoms with van der Waals surface area (Å²) in [5.74, 6) is 1.43.